The minimum atomic E-state index is -0.390. The van der Waals surface area contributed by atoms with Crippen LogP contribution in [0.25, 0.3) is 11.0 Å². The third-order valence-electron chi connectivity index (χ3n) is 5.23. The summed E-state index contributed by atoms with van der Waals surface area (Å²) in [5.74, 6) is -0.0489. The molecule has 2 heterocycles. The van der Waals surface area contributed by atoms with Gasteiger partial charge in [0.15, 0.2) is 0 Å². The molecule has 0 radical (unpaired) electrons. The van der Waals surface area contributed by atoms with Crippen molar-refractivity contribution in [2.45, 2.75) is 19.9 Å². The van der Waals surface area contributed by atoms with Gasteiger partial charge in [-0.1, -0.05) is 42.5 Å². The van der Waals surface area contributed by atoms with Gasteiger partial charge < -0.3 is 14.6 Å². The number of carbonyl (C=O) groups is 1. The number of benzene rings is 2. The lowest BCUT2D eigenvalue weighted by Crippen LogP contribution is -2.32. The maximum absolute atomic E-state index is 13.2. The number of rotatable bonds is 8. The van der Waals surface area contributed by atoms with Crippen LogP contribution in [0.15, 0.2) is 88.2 Å². The molecule has 4 rings (SSSR count). The quantitative estimate of drug-likeness (QED) is 0.327. The number of amides is 1. The molecule has 6 heteroatoms. The summed E-state index contributed by atoms with van der Waals surface area (Å²) in [7, 11) is 0. The van der Waals surface area contributed by atoms with Gasteiger partial charge in [0.05, 0.1) is 11.3 Å². The minimum Gasteiger partial charge on any atom is -0.423 e. The van der Waals surface area contributed by atoms with Crippen LogP contribution in [0.1, 0.15) is 28.0 Å². The van der Waals surface area contributed by atoms with Crippen LogP contribution in [0.5, 0.6) is 0 Å². The van der Waals surface area contributed by atoms with Crippen LogP contribution in [0, 0.1) is 6.92 Å². The minimum absolute atomic E-state index is 0.0489. The third kappa shape index (κ3) is 5.21. The Balaban J connectivity index is 1.45. The monoisotopic (exact) mass is 427 g/mol. The molecule has 0 saturated heterocycles. The highest BCUT2D eigenvalue weighted by Gasteiger charge is 2.16. The molecule has 0 aliphatic heterocycles. The van der Waals surface area contributed by atoms with Crippen molar-refractivity contribution < 1.29 is 9.21 Å². The number of pyridine rings is 1. The van der Waals surface area contributed by atoms with E-state index in [1.807, 2.05) is 72.5 Å². The van der Waals surface area contributed by atoms with E-state index in [1.54, 1.807) is 12.3 Å². The number of carbonyl (C=O) groups excluding carboxylic acids is 1. The fraction of sp³-hybridized carbons (Fsp3) is 0.192. The number of para-hydroxylation sites is 1. The second-order valence-electron chi connectivity index (χ2n) is 7.66. The van der Waals surface area contributed by atoms with E-state index in [-0.39, 0.29) is 11.5 Å². The van der Waals surface area contributed by atoms with Crippen LogP contribution in [-0.4, -0.2) is 28.9 Å². The standard InChI is InChI=1S/C26H25N3O3/c1-19-12-13-21(17-28-19)26(31)29(18-20-8-3-2-4-9-20)15-7-14-27-23-16-25(30)32-24-11-6-5-10-22(23)24/h2-6,8-13,16-17,27H,7,14-15,18H2,1H3. The first-order chi connectivity index (χ1) is 15.6. The Labute approximate surface area is 186 Å². The summed E-state index contributed by atoms with van der Waals surface area (Å²) in [6.45, 7) is 3.59. The molecule has 0 bridgehead atoms. The van der Waals surface area contributed by atoms with Crippen molar-refractivity contribution in [1.29, 1.82) is 0 Å². The van der Waals surface area contributed by atoms with Gasteiger partial charge in [0.25, 0.3) is 5.91 Å². The van der Waals surface area contributed by atoms with E-state index >= 15 is 0 Å². The van der Waals surface area contributed by atoms with E-state index < -0.39 is 0 Å². The highest BCUT2D eigenvalue weighted by atomic mass is 16.4. The number of fused-ring (bicyclic) bond motifs is 1. The van der Waals surface area contributed by atoms with Crippen molar-refractivity contribution >= 4 is 22.6 Å². The summed E-state index contributed by atoms with van der Waals surface area (Å²) in [4.78, 5) is 31.1. The van der Waals surface area contributed by atoms with Crippen molar-refractivity contribution in [1.82, 2.24) is 9.88 Å². The lowest BCUT2D eigenvalue weighted by atomic mass is 10.1. The lowest BCUT2D eigenvalue weighted by molar-refractivity contribution is 0.0742. The average Bonchev–Trinajstić information content (AvgIpc) is 2.81. The molecule has 0 aliphatic carbocycles. The molecule has 0 atom stereocenters. The van der Waals surface area contributed by atoms with Crippen LogP contribution >= 0.6 is 0 Å². The molecule has 0 saturated carbocycles. The molecule has 2 aromatic heterocycles. The molecule has 1 amide bonds. The van der Waals surface area contributed by atoms with Gasteiger partial charge in [0.1, 0.15) is 5.58 Å². The number of anilines is 1. The molecule has 0 spiro atoms. The first kappa shape index (κ1) is 21.3. The zero-order chi connectivity index (χ0) is 22.3. The van der Waals surface area contributed by atoms with Gasteiger partial charge in [0.2, 0.25) is 0 Å². The summed E-state index contributed by atoms with van der Waals surface area (Å²) < 4.78 is 5.25. The Morgan fingerprint density at radius 3 is 2.59 bits per heavy atom. The molecule has 6 nitrogen and oxygen atoms in total. The normalized spacial score (nSPS) is 10.8. The lowest BCUT2D eigenvalue weighted by Gasteiger charge is -2.23. The van der Waals surface area contributed by atoms with Crippen LogP contribution in [-0.2, 0) is 6.54 Å². The Kier molecular flexibility index (Phi) is 6.60. The smallest absolute Gasteiger partial charge is 0.338 e. The summed E-state index contributed by atoms with van der Waals surface area (Å²) in [6, 6.07) is 22.5. The molecule has 32 heavy (non-hydrogen) atoms. The molecule has 0 fully saturated rings. The van der Waals surface area contributed by atoms with Crippen molar-refractivity contribution in [2.24, 2.45) is 0 Å². The fourth-order valence-corrected chi connectivity index (χ4v) is 3.58. The summed E-state index contributed by atoms with van der Waals surface area (Å²) in [5.41, 5.74) is 3.42. The van der Waals surface area contributed by atoms with Crippen molar-refractivity contribution in [3.63, 3.8) is 0 Å². The van der Waals surface area contributed by atoms with Gasteiger partial charge in [-0.15, -0.1) is 0 Å². The summed E-state index contributed by atoms with van der Waals surface area (Å²) >= 11 is 0. The van der Waals surface area contributed by atoms with Crippen molar-refractivity contribution in [3.8, 4) is 0 Å². The van der Waals surface area contributed by atoms with Crippen molar-refractivity contribution in [2.75, 3.05) is 18.4 Å². The number of nitrogens with zero attached hydrogens (tertiary/aromatic N) is 2. The van der Waals surface area contributed by atoms with E-state index in [2.05, 4.69) is 10.3 Å². The second-order valence-corrected chi connectivity index (χ2v) is 7.66. The summed E-state index contributed by atoms with van der Waals surface area (Å²) in [6.07, 6.45) is 2.34. The molecule has 162 valence electrons. The number of hydrogen-bond acceptors (Lipinski definition) is 5. The molecular weight excluding hydrogens is 402 g/mol. The van der Waals surface area contributed by atoms with Gasteiger partial charge >= 0.3 is 5.63 Å². The number of aryl methyl sites for hydroxylation is 1. The van der Waals surface area contributed by atoms with Gasteiger partial charge in [-0.3, -0.25) is 9.78 Å². The predicted octanol–water partition coefficient (Wildman–Crippen LogP) is 4.64. The first-order valence-electron chi connectivity index (χ1n) is 10.6. The predicted molar refractivity (Wildman–Crippen MR) is 126 cm³/mol. The second kappa shape index (κ2) is 9.92. The van der Waals surface area contributed by atoms with E-state index in [1.165, 1.54) is 6.07 Å². The largest absolute Gasteiger partial charge is 0.423 e. The molecule has 2 aromatic carbocycles. The summed E-state index contributed by atoms with van der Waals surface area (Å²) in [5, 5.41) is 4.18. The number of hydrogen-bond donors (Lipinski definition) is 1. The average molecular weight is 428 g/mol. The maximum Gasteiger partial charge on any atom is 0.338 e. The SMILES string of the molecule is Cc1ccc(C(=O)N(CCCNc2cc(=O)oc3ccccc23)Cc2ccccc2)cn1. The molecule has 4 aromatic rings. The zero-order valence-electron chi connectivity index (χ0n) is 18.0. The van der Waals surface area contributed by atoms with Gasteiger partial charge in [-0.2, -0.15) is 0 Å². The molecule has 0 unspecified atom stereocenters. The third-order valence-corrected chi connectivity index (χ3v) is 5.23. The Morgan fingerprint density at radius 1 is 1.03 bits per heavy atom. The van der Waals surface area contributed by atoms with E-state index in [4.69, 9.17) is 4.42 Å². The molecule has 1 N–H and O–H groups in total. The van der Waals surface area contributed by atoms with Gasteiger partial charge in [-0.05, 0) is 43.2 Å². The Morgan fingerprint density at radius 2 is 1.81 bits per heavy atom. The van der Waals surface area contributed by atoms with E-state index in [0.29, 0.717) is 37.2 Å². The van der Waals surface area contributed by atoms with Gasteiger partial charge in [0, 0.05) is 43.0 Å². The van der Waals surface area contributed by atoms with Crippen LogP contribution in [0.3, 0.4) is 0 Å². The van der Waals surface area contributed by atoms with E-state index in [9.17, 15) is 9.59 Å². The zero-order valence-corrected chi connectivity index (χ0v) is 18.0. The van der Waals surface area contributed by atoms with Crippen molar-refractivity contribution in [3.05, 3.63) is 106 Å². The highest BCUT2D eigenvalue weighted by molar-refractivity contribution is 5.94. The molecular formula is C26H25N3O3. The topological polar surface area (TPSA) is 75.4 Å². The van der Waals surface area contributed by atoms with Crippen LogP contribution in [0.4, 0.5) is 5.69 Å². The van der Waals surface area contributed by atoms with Gasteiger partial charge in [-0.25, -0.2) is 4.79 Å². The fourth-order valence-electron chi connectivity index (χ4n) is 3.58. The van der Waals surface area contributed by atoms with Crippen LogP contribution in [0.2, 0.25) is 0 Å². The van der Waals surface area contributed by atoms with Crippen LogP contribution < -0.4 is 10.9 Å². The highest BCUT2D eigenvalue weighted by Crippen LogP contribution is 2.21. The Hall–Kier alpha value is -3.93. The Bertz CT molecular complexity index is 1250. The maximum atomic E-state index is 13.2. The first-order valence-corrected chi connectivity index (χ1v) is 10.6. The number of aromatic nitrogens is 1. The van der Waals surface area contributed by atoms with E-state index in [0.717, 1.165) is 22.3 Å². The number of nitrogens with one attached hydrogen (secondary N) is 1. The molecule has 0 aliphatic rings.